The second-order valence-electron chi connectivity index (χ2n) is 7.06. The van der Waals surface area contributed by atoms with Gasteiger partial charge in [-0.1, -0.05) is 40.7 Å². The molecule has 96 valence electrons. The Kier molecular flexibility index (Phi) is 3.61. The highest BCUT2D eigenvalue weighted by Gasteiger charge is 2.28. The molecule has 0 saturated carbocycles. The number of rotatable bonds is 2. The van der Waals surface area contributed by atoms with E-state index in [9.17, 15) is 5.11 Å². The minimum Gasteiger partial charge on any atom is -0.508 e. The highest BCUT2D eigenvalue weighted by Crippen LogP contribution is 2.38. The number of phenols is 1. The van der Waals surface area contributed by atoms with Gasteiger partial charge in [-0.3, -0.25) is 0 Å². The maximum absolute atomic E-state index is 9.94. The molecule has 0 unspecified atom stereocenters. The fourth-order valence-electron chi connectivity index (χ4n) is 2.66. The van der Waals surface area contributed by atoms with E-state index in [0.717, 1.165) is 12.0 Å². The third-order valence-corrected chi connectivity index (χ3v) is 3.39. The van der Waals surface area contributed by atoms with Gasteiger partial charge < -0.3 is 5.11 Å². The van der Waals surface area contributed by atoms with E-state index < -0.39 is 0 Å². The van der Waals surface area contributed by atoms with Gasteiger partial charge in [-0.15, -0.1) is 0 Å². The second-order valence-corrected chi connectivity index (χ2v) is 7.06. The molecule has 0 spiro atoms. The van der Waals surface area contributed by atoms with Crippen LogP contribution in [0.2, 0.25) is 0 Å². The fourth-order valence-corrected chi connectivity index (χ4v) is 2.66. The highest BCUT2D eigenvalue weighted by atomic mass is 16.3. The van der Waals surface area contributed by atoms with Crippen molar-refractivity contribution in [2.24, 2.45) is 5.41 Å². The predicted octanol–water partition coefficient (Wildman–Crippen LogP) is 4.72. The zero-order valence-corrected chi connectivity index (χ0v) is 12.3. The summed E-state index contributed by atoms with van der Waals surface area (Å²) < 4.78 is 0. The van der Waals surface area contributed by atoms with E-state index in [-0.39, 0.29) is 10.8 Å². The first-order chi connectivity index (χ1) is 7.53. The molecule has 0 heterocycles. The number of aryl methyl sites for hydroxylation is 1. The Morgan fingerprint density at radius 3 is 1.94 bits per heavy atom. The molecule has 1 heteroatoms. The maximum Gasteiger partial charge on any atom is 0.119 e. The minimum atomic E-state index is 0.0915. The van der Waals surface area contributed by atoms with E-state index >= 15 is 0 Å². The summed E-state index contributed by atoms with van der Waals surface area (Å²) in [5.74, 6) is 0.419. The third kappa shape index (κ3) is 3.49. The molecule has 0 aliphatic carbocycles. The Morgan fingerprint density at radius 2 is 1.53 bits per heavy atom. The highest BCUT2D eigenvalue weighted by molar-refractivity contribution is 5.43. The van der Waals surface area contributed by atoms with Crippen LogP contribution < -0.4 is 0 Å². The quantitative estimate of drug-likeness (QED) is 0.784. The molecule has 0 fully saturated rings. The molecule has 0 bridgehead atoms. The smallest absolute Gasteiger partial charge is 0.119 e. The van der Waals surface area contributed by atoms with Gasteiger partial charge in [0.15, 0.2) is 0 Å². The summed E-state index contributed by atoms with van der Waals surface area (Å²) in [7, 11) is 0. The van der Waals surface area contributed by atoms with Crippen molar-refractivity contribution in [1.82, 2.24) is 0 Å². The van der Waals surface area contributed by atoms with Crippen LogP contribution in [0.25, 0.3) is 0 Å². The van der Waals surface area contributed by atoms with Gasteiger partial charge in [0.1, 0.15) is 5.75 Å². The monoisotopic (exact) mass is 234 g/mol. The Labute approximate surface area is 106 Å². The second kappa shape index (κ2) is 4.36. The van der Waals surface area contributed by atoms with Crippen LogP contribution in [0, 0.1) is 19.3 Å². The van der Waals surface area contributed by atoms with Crippen molar-refractivity contribution in [3.63, 3.8) is 0 Å². The molecule has 0 atom stereocenters. The lowest BCUT2D eigenvalue weighted by molar-refractivity contribution is 0.283. The number of hydrogen-bond acceptors (Lipinski definition) is 1. The van der Waals surface area contributed by atoms with Crippen LogP contribution in [0.3, 0.4) is 0 Å². The molecule has 0 aliphatic heterocycles. The number of benzene rings is 1. The van der Waals surface area contributed by atoms with E-state index in [1.54, 1.807) is 0 Å². The van der Waals surface area contributed by atoms with E-state index in [0.29, 0.717) is 5.75 Å². The predicted molar refractivity (Wildman–Crippen MR) is 74.7 cm³/mol. The zero-order valence-electron chi connectivity index (χ0n) is 12.3. The van der Waals surface area contributed by atoms with Crippen LogP contribution in [0.4, 0.5) is 0 Å². The van der Waals surface area contributed by atoms with E-state index in [1.807, 2.05) is 13.0 Å². The summed E-state index contributed by atoms with van der Waals surface area (Å²) in [5.41, 5.74) is 3.77. The van der Waals surface area contributed by atoms with Crippen LogP contribution in [-0.4, -0.2) is 5.11 Å². The lowest BCUT2D eigenvalue weighted by Crippen LogP contribution is -2.25. The van der Waals surface area contributed by atoms with Crippen molar-refractivity contribution in [1.29, 1.82) is 0 Å². The van der Waals surface area contributed by atoms with Gasteiger partial charge in [0.25, 0.3) is 0 Å². The van der Waals surface area contributed by atoms with E-state index in [1.165, 1.54) is 11.1 Å². The zero-order chi connectivity index (χ0) is 13.4. The average molecular weight is 234 g/mol. The molecule has 1 aromatic rings. The molecule has 0 amide bonds. The van der Waals surface area contributed by atoms with Crippen LogP contribution in [-0.2, 0) is 5.41 Å². The maximum atomic E-state index is 9.94. The molecule has 1 nitrogen and oxygen atoms in total. The Morgan fingerprint density at radius 1 is 1.00 bits per heavy atom. The van der Waals surface area contributed by atoms with Gasteiger partial charge >= 0.3 is 0 Å². The largest absolute Gasteiger partial charge is 0.508 e. The SMILES string of the molecule is Cc1cc(C(C)(C)CC(C)(C)C)cc(O)c1C. The van der Waals surface area contributed by atoms with Gasteiger partial charge in [-0.25, -0.2) is 0 Å². The number of hydrogen-bond donors (Lipinski definition) is 1. The molecular weight excluding hydrogens is 208 g/mol. The fraction of sp³-hybridized carbons (Fsp3) is 0.625. The van der Waals surface area contributed by atoms with Gasteiger partial charge in [-0.2, -0.15) is 0 Å². The van der Waals surface area contributed by atoms with Crippen LogP contribution in [0.15, 0.2) is 12.1 Å². The first-order valence-corrected chi connectivity index (χ1v) is 6.34. The summed E-state index contributed by atoms with van der Waals surface area (Å²) in [6, 6.07) is 4.13. The van der Waals surface area contributed by atoms with Gasteiger partial charge in [0, 0.05) is 0 Å². The van der Waals surface area contributed by atoms with Gasteiger partial charge in [0.05, 0.1) is 0 Å². The van der Waals surface area contributed by atoms with Crippen molar-refractivity contribution in [2.75, 3.05) is 0 Å². The van der Waals surface area contributed by atoms with Gasteiger partial charge in [-0.05, 0) is 53.9 Å². The Bertz CT molecular complexity index is 385. The molecular formula is C16H26O. The molecule has 1 rings (SSSR count). The summed E-state index contributed by atoms with van der Waals surface area (Å²) in [4.78, 5) is 0. The van der Waals surface area contributed by atoms with Gasteiger partial charge in [0.2, 0.25) is 0 Å². The Balaban J connectivity index is 3.16. The van der Waals surface area contributed by atoms with E-state index in [4.69, 9.17) is 0 Å². The molecule has 1 aromatic carbocycles. The van der Waals surface area contributed by atoms with Crippen molar-refractivity contribution in [3.8, 4) is 5.75 Å². The summed E-state index contributed by atoms with van der Waals surface area (Å²) >= 11 is 0. The van der Waals surface area contributed by atoms with Crippen LogP contribution >= 0.6 is 0 Å². The summed E-state index contributed by atoms with van der Waals surface area (Å²) in [6.45, 7) is 15.3. The number of aromatic hydroxyl groups is 1. The van der Waals surface area contributed by atoms with Crippen LogP contribution in [0.5, 0.6) is 5.75 Å². The first kappa shape index (κ1) is 14.1. The molecule has 0 radical (unpaired) electrons. The standard InChI is InChI=1S/C16H26O/c1-11-8-13(9-14(17)12(11)2)16(6,7)10-15(3,4)5/h8-9,17H,10H2,1-7H3. The summed E-state index contributed by atoms with van der Waals surface area (Å²) in [5, 5.41) is 9.94. The Hall–Kier alpha value is -0.980. The third-order valence-electron chi connectivity index (χ3n) is 3.39. The topological polar surface area (TPSA) is 20.2 Å². The average Bonchev–Trinajstić information content (AvgIpc) is 2.09. The lowest BCUT2D eigenvalue weighted by Gasteiger charge is -2.33. The molecule has 0 saturated heterocycles. The summed E-state index contributed by atoms with van der Waals surface area (Å²) in [6.07, 6.45) is 1.10. The minimum absolute atomic E-state index is 0.0915. The normalized spacial score (nSPS) is 12.9. The molecule has 0 aliphatic rings. The molecule has 17 heavy (non-hydrogen) atoms. The van der Waals surface area contributed by atoms with Crippen molar-refractivity contribution < 1.29 is 5.11 Å². The van der Waals surface area contributed by atoms with Crippen molar-refractivity contribution in [2.45, 2.75) is 60.3 Å². The first-order valence-electron chi connectivity index (χ1n) is 6.34. The molecule has 1 N–H and O–H groups in total. The van der Waals surface area contributed by atoms with Crippen molar-refractivity contribution >= 4 is 0 Å². The van der Waals surface area contributed by atoms with Crippen LogP contribution in [0.1, 0.15) is 57.7 Å². The molecule has 0 aromatic heterocycles. The van der Waals surface area contributed by atoms with Crippen molar-refractivity contribution in [3.05, 3.63) is 28.8 Å². The lowest BCUT2D eigenvalue weighted by atomic mass is 9.72. The van der Waals surface area contributed by atoms with E-state index in [2.05, 4.69) is 47.6 Å². The number of phenolic OH excluding ortho intramolecular Hbond substituents is 1.